The van der Waals surface area contributed by atoms with Crippen molar-refractivity contribution in [3.63, 3.8) is 0 Å². The van der Waals surface area contributed by atoms with Crippen LogP contribution in [0.15, 0.2) is 60.7 Å². The van der Waals surface area contributed by atoms with Gasteiger partial charge in [0.15, 0.2) is 0 Å². The Bertz CT molecular complexity index is 710. The summed E-state index contributed by atoms with van der Waals surface area (Å²) in [4.78, 5) is 4.44. The molecule has 3 rings (SSSR count). The van der Waals surface area contributed by atoms with E-state index in [9.17, 15) is 0 Å². The summed E-state index contributed by atoms with van der Waals surface area (Å²) >= 11 is 0. The number of aliphatic hydroxyl groups excluding tert-OH is 1. The number of hydrogen-bond donors (Lipinski definition) is 1. The molecule has 0 atom stereocenters. The van der Waals surface area contributed by atoms with Crippen molar-refractivity contribution in [3.8, 4) is 11.6 Å². The lowest BCUT2D eigenvalue weighted by Crippen LogP contribution is -1.90. The molecule has 0 radical (unpaired) electrons. The van der Waals surface area contributed by atoms with Gasteiger partial charge in [0.05, 0.1) is 12.1 Å². The third-order valence-electron chi connectivity index (χ3n) is 2.88. The number of benzene rings is 2. The van der Waals surface area contributed by atoms with Gasteiger partial charge in [0, 0.05) is 11.5 Å². The summed E-state index contributed by atoms with van der Waals surface area (Å²) in [7, 11) is 0. The molecule has 0 amide bonds. The highest BCUT2D eigenvalue weighted by molar-refractivity contribution is 5.78. The Balaban J connectivity index is 1.92. The fraction of sp³-hybridized carbons (Fsp3) is 0.0625. The lowest BCUT2D eigenvalue weighted by Gasteiger charge is -2.06. The molecule has 3 heteroatoms. The predicted molar refractivity (Wildman–Crippen MR) is 74.2 cm³/mol. The Morgan fingerprint density at radius 1 is 0.947 bits per heavy atom. The van der Waals surface area contributed by atoms with Gasteiger partial charge in [-0.25, -0.2) is 4.98 Å². The summed E-state index contributed by atoms with van der Waals surface area (Å²) in [5.74, 6) is 1.23. The van der Waals surface area contributed by atoms with Crippen LogP contribution in [-0.4, -0.2) is 10.1 Å². The van der Waals surface area contributed by atoms with Crippen LogP contribution in [0.2, 0.25) is 0 Å². The van der Waals surface area contributed by atoms with Crippen LogP contribution in [0.1, 0.15) is 5.56 Å². The van der Waals surface area contributed by atoms with E-state index in [0.717, 1.165) is 16.5 Å². The largest absolute Gasteiger partial charge is 0.439 e. The molecule has 19 heavy (non-hydrogen) atoms. The Morgan fingerprint density at radius 2 is 1.84 bits per heavy atom. The summed E-state index contributed by atoms with van der Waals surface area (Å²) < 4.78 is 5.71. The molecule has 1 heterocycles. The molecule has 94 valence electrons. The van der Waals surface area contributed by atoms with E-state index < -0.39 is 0 Å². The molecular formula is C16H13NO2. The molecule has 1 N–H and O–H groups in total. The number of aliphatic hydroxyl groups is 1. The molecule has 0 unspecified atom stereocenters. The molecule has 1 aromatic heterocycles. The van der Waals surface area contributed by atoms with Crippen LogP contribution < -0.4 is 4.74 Å². The second-order valence-corrected chi connectivity index (χ2v) is 4.25. The van der Waals surface area contributed by atoms with Crippen LogP contribution in [0.4, 0.5) is 0 Å². The molecule has 3 aromatic rings. The monoisotopic (exact) mass is 251 g/mol. The quantitative estimate of drug-likeness (QED) is 0.774. The first-order valence-corrected chi connectivity index (χ1v) is 6.08. The number of aromatic nitrogens is 1. The number of nitrogens with zero attached hydrogens (tertiary/aromatic N) is 1. The van der Waals surface area contributed by atoms with Gasteiger partial charge in [-0.1, -0.05) is 30.3 Å². The highest BCUT2D eigenvalue weighted by atomic mass is 16.5. The molecule has 0 saturated carbocycles. The van der Waals surface area contributed by atoms with E-state index in [1.165, 1.54) is 0 Å². The van der Waals surface area contributed by atoms with Crippen LogP contribution >= 0.6 is 0 Å². The average molecular weight is 251 g/mol. The predicted octanol–water partition coefficient (Wildman–Crippen LogP) is 3.52. The molecule has 0 spiro atoms. The molecule has 3 nitrogen and oxygen atoms in total. The lowest BCUT2D eigenvalue weighted by atomic mass is 10.2. The van der Waals surface area contributed by atoms with Crippen molar-refractivity contribution >= 4 is 10.9 Å². The molecule has 0 fully saturated rings. The molecule has 0 saturated heterocycles. The maximum Gasteiger partial charge on any atom is 0.219 e. The van der Waals surface area contributed by atoms with Crippen molar-refractivity contribution in [2.75, 3.05) is 0 Å². The summed E-state index contributed by atoms with van der Waals surface area (Å²) in [6, 6.07) is 19.1. The van der Waals surface area contributed by atoms with Crippen molar-refractivity contribution in [3.05, 3.63) is 66.2 Å². The van der Waals surface area contributed by atoms with Crippen LogP contribution in [0, 0.1) is 0 Å². The first kappa shape index (κ1) is 11.7. The van der Waals surface area contributed by atoms with Crippen LogP contribution in [0.25, 0.3) is 10.9 Å². The smallest absolute Gasteiger partial charge is 0.219 e. The van der Waals surface area contributed by atoms with E-state index in [0.29, 0.717) is 11.6 Å². The highest BCUT2D eigenvalue weighted by Crippen LogP contribution is 2.23. The number of hydrogen-bond acceptors (Lipinski definition) is 3. The lowest BCUT2D eigenvalue weighted by molar-refractivity contribution is 0.281. The average Bonchev–Trinajstić information content (AvgIpc) is 2.47. The minimum Gasteiger partial charge on any atom is -0.439 e. The number of rotatable bonds is 3. The molecular weight excluding hydrogens is 238 g/mol. The van der Waals surface area contributed by atoms with E-state index in [-0.39, 0.29) is 6.61 Å². The van der Waals surface area contributed by atoms with E-state index in [1.54, 1.807) is 6.07 Å². The molecule has 0 aliphatic heterocycles. The number of ether oxygens (including phenoxy) is 1. The second kappa shape index (κ2) is 5.08. The van der Waals surface area contributed by atoms with Gasteiger partial charge >= 0.3 is 0 Å². The number of pyridine rings is 1. The number of para-hydroxylation sites is 1. The van der Waals surface area contributed by atoms with E-state index >= 15 is 0 Å². The maximum absolute atomic E-state index is 9.10. The van der Waals surface area contributed by atoms with Gasteiger partial charge in [-0.3, -0.25) is 0 Å². The van der Waals surface area contributed by atoms with Gasteiger partial charge in [-0.15, -0.1) is 0 Å². The first-order valence-electron chi connectivity index (χ1n) is 6.08. The Labute approximate surface area is 111 Å². The van der Waals surface area contributed by atoms with Crippen molar-refractivity contribution in [2.24, 2.45) is 0 Å². The van der Waals surface area contributed by atoms with Crippen molar-refractivity contribution in [2.45, 2.75) is 6.61 Å². The zero-order valence-corrected chi connectivity index (χ0v) is 10.3. The van der Waals surface area contributed by atoms with Gasteiger partial charge < -0.3 is 9.84 Å². The minimum absolute atomic E-state index is 0.00233. The molecule has 2 aromatic carbocycles. The van der Waals surface area contributed by atoms with E-state index in [1.807, 2.05) is 54.6 Å². The maximum atomic E-state index is 9.10. The second-order valence-electron chi connectivity index (χ2n) is 4.25. The van der Waals surface area contributed by atoms with Gasteiger partial charge in [-0.2, -0.15) is 0 Å². The van der Waals surface area contributed by atoms with Crippen LogP contribution in [-0.2, 0) is 6.61 Å². The third-order valence-corrected chi connectivity index (χ3v) is 2.88. The van der Waals surface area contributed by atoms with Crippen molar-refractivity contribution < 1.29 is 9.84 Å². The third kappa shape index (κ3) is 2.56. The summed E-state index contributed by atoms with van der Waals surface area (Å²) in [5.41, 5.74) is 1.72. The zero-order chi connectivity index (χ0) is 13.1. The SMILES string of the molecule is OCc1cccc(Oc2ccc3ccccc3n2)c1. The van der Waals surface area contributed by atoms with Crippen LogP contribution in [0.5, 0.6) is 11.6 Å². The normalized spacial score (nSPS) is 10.6. The van der Waals surface area contributed by atoms with Crippen molar-refractivity contribution in [1.82, 2.24) is 4.98 Å². The fourth-order valence-electron chi connectivity index (χ4n) is 1.93. The van der Waals surface area contributed by atoms with Crippen LogP contribution in [0.3, 0.4) is 0 Å². The minimum atomic E-state index is 0.00233. The zero-order valence-electron chi connectivity index (χ0n) is 10.3. The molecule has 0 aliphatic carbocycles. The van der Waals surface area contributed by atoms with Gasteiger partial charge in [0.2, 0.25) is 5.88 Å². The Kier molecular flexibility index (Phi) is 3.12. The van der Waals surface area contributed by atoms with Gasteiger partial charge in [-0.05, 0) is 29.8 Å². The Hall–Kier alpha value is -2.39. The summed E-state index contributed by atoms with van der Waals surface area (Å²) in [5, 5.41) is 10.2. The fourth-order valence-corrected chi connectivity index (χ4v) is 1.93. The topological polar surface area (TPSA) is 42.4 Å². The van der Waals surface area contributed by atoms with Gasteiger partial charge in [0.1, 0.15) is 5.75 Å². The molecule has 0 aliphatic rings. The standard InChI is InChI=1S/C16H13NO2/c18-11-12-4-3-6-14(10-12)19-16-9-8-13-5-1-2-7-15(13)17-16/h1-10,18H,11H2. The van der Waals surface area contributed by atoms with Crippen molar-refractivity contribution in [1.29, 1.82) is 0 Å². The Morgan fingerprint density at radius 3 is 2.74 bits per heavy atom. The number of fused-ring (bicyclic) bond motifs is 1. The molecule has 0 bridgehead atoms. The van der Waals surface area contributed by atoms with E-state index in [4.69, 9.17) is 9.84 Å². The van der Waals surface area contributed by atoms with E-state index in [2.05, 4.69) is 4.98 Å². The summed E-state index contributed by atoms with van der Waals surface area (Å²) in [6.07, 6.45) is 0. The first-order chi connectivity index (χ1) is 9.35. The van der Waals surface area contributed by atoms with Gasteiger partial charge in [0.25, 0.3) is 0 Å². The summed E-state index contributed by atoms with van der Waals surface area (Å²) in [6.45, 7) is 0.00233. The highest BCUT2D eigenvalue weighted by Gasteiger charge is 2.01.